The highest BCUT2D eigenvalue weighted by Crippen LogP contribution is 2.37. The number of carbonyl (C=O) groups is 2. The molecular weight excluding hydrogens is 302 g/mol. The summed E-state index contributed by atoms with van der Waals surface area (Å²) >= 11 is 1.42. The predicted molar refractivity (Wildman–Crippen MR) is 85.5 cm³/mol. The molecule has 114 valence electrons. The number of fused-ring (bicyclic) bond motifs is 1. The van der Waals surface area contributed by atoms with Gasteiger partial charge in [0.05, 0.1) is 11.4 Å². The molecule has 6 nitrogen and oxygen atoms in total. The summed E-state index contributed by atoms with van der Waals surface area (Å²) in [6.45, 7) is 3.46. The van der Waals surface area contributed by atoms with Crippen molar-refractivity contribution in [1.82, 2.24) is 4.98 Å². The summed E-state index contributed by atoms with van der Waals surface area (Å²) in [7, 11) is 1.73. The van der Waals surface area contributed by atoms with Gasteiger partial charge in [0.2, 0.25) is 5.91 Å². The van der Waals surface area contributed by atoms with Crippen molar-refractivity contribution in [3.63, 3.8) is 0 Å². The molecule has 0 atom stereocenters. The van der Waals surface area contributed by atoms with Gasteiger partial charge in [-0.25, -0.2) is 4.98 Å². The number of carbonyl (C=O) groups excluding carboxylic acids is 2. The van der Waals surface area contributed by atoms with Crippen molar-refractivity contribution < 1.29 is 14.3 Å². The van der Waals surface area contributed by atoms with Crippen LogP contribution in [-0.2, 0) is 9.59 Å². The van der Waals surface area contributed by atoms with Gasteiger partial charge in [0, 0.05) is 24.4 Å². The maximum atomic E-state index is 11.7. The monoisotopic (exact) mass is 317 g/mol. The molecule has 3 rings (SSSR count). The number of nitrogens with zero attached hydrogens (tertiary/aromatic N) is 2. The third kappa shape index (κ3) is 2.55. The lowest BCUT2D eigenvalue weighted by atomic mass is 10.1. The molecule has 1 aromatic heterocycles. The van der Waals surface area contributed by atoms with Gasteiger partial charge in [-0.05, 0) is 25.1 Å². The molecule has 1 aliphatic rings. The van der Waals surface area contributed by atoms with Gasteiger partial charge in [-0.1, -0.05) is 0 Å². The number of nitrogens with one attached hydrogen (secondary N) is 1. The van der Waals surface area contributed by atoms with E-state index in [0.29, 0.717) is 10.9 Å². The largest absolute Gasteiger partial charge is 0.482 e. The van der Waals surface area contributed by atoms with Crippen molar-refractivity contribution >= 4 is 34.0 Å². The zero-order chi connectivity index (χ0) is 15.9. The fourth-order valence-corrected chi connectivity index (χ4v) is 3.17. The molecule has 2 heterocycles. The Hall–Kier alpha value is -2.41. The van der Waals surface area contributed by atoms with E-state index in [1.165, 1.54) is 18.3 Å². The van der Waals surface area contributed by atoms with Crippen LogP contribution in [0.4, 0.5) is 10.8 Å². The van der Waals surface area contributed by atoms with Crippen LogP contribution in [0.3, 0.4) is 0 Å². The smallest absolute Gasteiger partial charge is 0.264 e. The van der Waals surface area contributed by atoms with E-state index in [-0.39, 0.29) is 18.4 Å². The van der Waals surface area contributed by atoms with E-state index in [4.69, 9.17) is 4.74 Å². The van der Waals surface area contributed by atoms with Crippen LogP contribution < -0.4 is 15.0 Å². The Bertz CT molecular complexity index is 769. The fourth-order valence-electron chi connectivity index (χ4n) is 2.29. The van der Waals surface area contributed by atoms with Gasteiger partial charge in [-0.15, -0.1) is 11.3 Å². The summed E-state index contributed by atoms with van der Waals surface area (Å²) in [4.78, 5) is 29.9. The van der Waals surface area contributed by atoms with E-state index >= 15 is 0 Å². The van der Waals surface area contributed by atoms with E-state index in [1.807, 2.05) is 25.1 Å². The summed E-state index contributed by atoms with van der Waals surface area (Å²) < 4.78 is 5.42. The number of aryl methyl sites for hydroxylation is 1. The molecular formula is C15H15N3O3S. The minimum Gasteiger partial charge on any atom is -0.482 e. The van der Waals surface area contributed by atoms with E-state index < -0.39 is 0 Å². The lowest BCUT2D eigenvalue weighted by Crippen LogP contribution is -2.35. The molecule has 0 saturated heterocycles. The van der Waals surface area contributed by atoms with Gasteiger partial charge >= 0.3 is 0 Å². The van der Waals surface area contributed by atoms with Crippen molar-refractivity contribution in [3.05, 3.63) is 23.1 Å². The molecule has 1 N–H and O–H groups in total. The molecule has 0 aliphatic carbocycles. The first-order chi connectivity index (χ1) is 10.5. The maximum Gasteiger partial charge on any atom is 0.264 e. The molecule has 1 aromatic carbocycles. The second-order valence-electron chi connectivity index (χ2n) is 5.03. The second-order valence-corrected chi connectivity index (χ2v) is 6.23. The standard InChI is InChI=1S/C15H15N3O3S/c1-8-14(17-15(22-8)16-9(2)19)10-4-5-12-11(6-10)18(3)13(20)7-21-12/h4-6H,7H2,1-3H3,(H,16,17,19). The average molecular weight is 317 g/mol. The number of thiazole rings is 1. The Morgan fingerprint density at radius 1 is 1.45 bits per heavy atom. The number of amides is 2. The minimum absolute atomic E-state index is 0.0608. The highest BCUT2D eigenvalue weighted by Gasteiger charge is 2.23. The molecule has 0 unspecified atom stereocenters. The van der Waals surface area contributed by atoms with Gasteiger partial charge < -0.3 is 15.0 Å². The summed E-state index contributed by atoms with van der Waals surface area (Å²) in [5.74, 6) is 0.448. The molecule has 0 radical (unpaired) electrons. The van der Waals surface area contributed by atoms with E-state index in [0.717, 1.165) is 21.8 Å². The van der Waals surface area contributed by atoms with Crippen molar-refractivity contribution in [2.45, 2.75) is 13.8 Å². The summed E-state index contributed by atoms with van der Waals surface area (Å²) in [6.07, 6.45) is 0. The van der Waals surface area contributed by atoms with Gasteiger partial charge in [0.15, 0.2) is 11.7 Å². The summed E-state index contributed by atoms with van der Waals surface area (Å²) in [5.41, 5.74) is 2.40. The molecule has 0 bridgehead atoms. The molecule has 0 fully saturated rings. The van der Waals surface area contributed by atoms with Crippen LogP contribution in [0.5, 0.6) is 5.75 Å². The Morgan fingerprint density at radius 3 is 2.95 bits per heavy atom. The molecule has 22 heavy (non-hydrogen) atoms. The number of rotatable bonds is 2. The van der Waals surface area contributed by atoms with Crippen LogP contribution in [0.1, 0.15) is 11.8 Å². The van der Waals surface area contributed by atoms with Crippen molar-refractivity contribution in [1.29, 1.82) is 0 Å². The fraction of sp³-hybridized carbons (Fsp3) is 0.267. The zero-order valence-corrected chi connectivity index (χ0v) is 13.3. The third-order valence-electron chi connectivity index (χ3n) is 3.40. The summed E-state index contributed by atoms with van der Waals surface area (Å²) in [6, 6.07) is 5.62. The topological polar surface area (TPSA) is 71.5 Å². The first kappa shape index (κ1) is 14.5. The van der Waals surface area contributed by atoms with Gasteiger partial charge in [0.25, 0.3) is 5.91 Å². The van der Waals surface area contributed by atoms with Crippen LogP contribution in [0.15, 0.2) is 18.2 Å². The van der Waals surface area contributed by atoms with E-state index in [2.05, 4.69) is 10.3 Å². The lowest BCUT2D eigenvalue weighted by Gasteiger charge is -2.26. The Morgan fingerprint density at radius 2 is 2.23 bits per heavy atom. The lowest BCUT2D eigenvalue weighted by molar-refractivity contribution is -0.121. The number of anilines is 2. The highest BCUT2D eigenvalue weighted by molar-refractivity contribution is 7.16. The first-order valence-corrected chi connectivity index (χ1v) is 7.56. The van der Waals surface area contributed by atoms with Crippen LogP contribution >= 0.6 is 11.3 Å². The normalized spacial score (nSPS) is 13.6. The van der Waals surface area contributed by atoms with E-state index in [1.54, 1.807) is 11.9 Å². The Kier molecular flexibility index (Phi) is 3.58. The van der Waals surface area contributed by atoms with Crippen LogP contribution in [0, 0.1) is 6.92 Å². The second kappa shape index (κ2) is 5.42. The highest BCUT2D eigenvalue weighted by atomic mass is 32.1. The SMILES string of the molecule is CC(=O)Nc1nc(-c2ccc3c(c2)N(C)C(=O)CO3)c(C)s1. The average Bonchev–Trinajstić information content (AvgIpc) is 2.82. The molecule has 0 spiro atoms. The number of benzene rings is 1. The predicted octanol–water partition coefficient (Wildman–Crippen LogP) is 2.43. The van der Waals surface area contributed by atoms with Crippen molar-refractivity contribution in [3.8, 4) is 17.0 Å². The quantitative estimate of drug-likeness (QED) is 0.923. The van der Waals surface area contributed by atoms with Crippen LogP contribution in [0.25, 0.3) is 11.3 Å². The maximum absolute atomic E-state index is 11.7. The molecule has 0 saturated carbocycles. The van der Waals surface area contributed by atoms with Crippen molar-refractivity contribution in [2.24, 2.45) is 0 Å². The van der Waals surface area contributed by atoms with Gasteiger partial charge in [-0.3, -0.25) is 9.59 Å². The van der Waals surface area contributed by atoms with Crippen molar-refractivity contribution in [2.75, 3.05) is 23.9 Å². The molecule has 7 heteroatoms. The number of hydrogen-bond acceptors (Lipinski definition) is 5. The molecule has 2 amide bonds. The third-order valence-corrected chi connectivity index (χ3v) is 4.28. The van der Waals surface area contributed by atoms with Crippen LogP contribution in [0.2, 0.25) is 0 Å². The number of hydrogen-bond donors (Lipinski definition) is 1. The zero-order valence-electron chi connectivity index (χ0n) is 12.5. The minimum atomic E-state index is -0.149. The number of aromatic nitrogens is 1. The Balaban J connectivity index is 2.01. The molecule has 1 aliphatic heterocycles. The van der Waals surface area contributed by atoms with Crippen LogP contribution in [-0.4, -0.2) is 30.5 Å². The number of likely N-dealkylation sites (N-methyl/N-ethyl adjacent to an activating group) is 1. The van der Waals surface area contributed by atoms with Gasteiger partial charge in [-0.2, -0.15) is 0 Å². The first-order valence-electron chi connectivity index (χ1n) is 6.74. The molecule has 2 aromatic rings. The number of ether oxygens (including phenoxy) is 1. The summed E-state index contributed by atoms with van der Waals surface area (Å²) in [5, 5.41) is 3.26. The van der Waals surface area contributed by atoms with E-state index in [9.17, 15) is 9.59 Å². The Labute approximate surface area is 131 Å². The van der Waals surface area contributed by atoms with Gasteiger partial charge in [0.1, 0.15) is 5.75 Å².